The van der Waals surface area contributed by atoms with Gasteiger partial charge in [0.15, 0.2) is 0 Å². The van der Waals surface area contributed by atoms with Gasteiger partial charge in [-0.15, -0.1) is 0 Å². The Balaban J connectivity index is 2.00. The fourth-order valence-electron chi connectivity index (χ4n) is 3.29. The third-order valence-corrected chi connectivity index (χ3v) is 4.56. The van der Waals surface area contributed by atoms with Gasteiger partial charge in [-0.1, -0.05) is 26.0 Å². The summed E-state index contributed by atoms with van der Waals surface area (Å²) in [7, 11) is 1.62. The van der Waals surface area contributed by atoms with Crippen molar-refractivity contribution in [3.8, 4) is 5.75 Å². The minimum atomic E-state index is -1.02. The Morgan fingerprint density at radius 1 is 1.23 bits per heavy atom. The van der Waals surface area contributed by atoms with Gasteiger partial charge in [0.25, 0.3) is 0 Å². The molecule has 3 rings (SSSR count). The molecule has 0 aliphatic carbocycles. The molecule has 0 radical (unpaired) electrons. The van der Waals surface area contributed by atoms with Crippen LogP contribution in [0.1, 0.15) is 29.8 Å². The van der Waals surface area contributed by atoms with E-state index in [1.165, 1.54) is 6.07 Å². The summed E-state index contributed by atoms with van der Waals surface area (Å²) in [6, 6.07) is 12.2. The minimum absolute atomic E-state index is 0.0977. The average molecular weight is 354 g/mol. The standard InChI is InChI=1S/C20H22N2O4/c1-12(2)18-19(23)21-16-10-14(20(24)25)6-9-17(16)22(18)11-13-4-7-15(26-3)8-5-13/h4-10,12,18H,11H2,1-3H3,(H,21,23)(H,24,25). The van der Waals surface area contributed by atoms with Crippen LogP contribution in [0.5, 0.6) is 5.75 Å². The zero-order valence-corrected chi connectivity index (χ0v) is 15.0. The van der Waals surface area contributed by atoms with Crippen LogP contribution in [0.15, 0.2) is 42.5 Å². The van der Waals surface area contributed by atoms with E-state index in [1.807, 2.05) is 43.0 Å². The molecule has 2 N–H and O–H groups in total. The molecule has 0 bridgehead atoms. The van der Waals surface area contributed by atoms with Gasteiger partial charge in [0, 0.05) is 6.54 Å². The number of carboxylic acid groups (broad SMARTS) is 1. The fourth-order valence-corrected chi connectivity index (χ4v) is 3.29. The number of carboxylic acids is 1. The summed E-state index contributed by atoms with van der Waals surface area (Å²) >= 11 is 0. The summed E-state index contributed by atoms with van der Waals surface area (Å²) in [5.41, 5.74) is 2.54. The molecule has 26 heavy (non-hydrogen) atoms. The molecule has 2 aromatic rings. The lowest BCUT2D eigenvalue weighted by molar-refractivity contribution is -0.118. The van der Waals surface area contributed by atoms with Gasteiger partial charge in [-0.05, 0) is 41.8 Å². The molecule has 1 unspecified atom stereocenters. The van der Waals surface area contributed by atoms with Gasteiger partial charge in [-0.3, -0.25) is 4.79 Å². The van der Waals surface area contributed by atoms with E-state index in [4.69, 9.17) is 4.74 Å². The third-order valence-electron chi connectivity index (χ3n) is 4.56. The number of rotatable bonds is 5. The largest absolute Gasteiger partial charge is 0.497 e. The molecule has 0 saturated carbocycles. The maximum absolute atomic E-state index is 12.7. The lowest BCUT2D eigenvalue weighted by atomic mass is 9.96. The second kappa shape index (κ2) is 7.07. The first-order valence-corrected chi connectivity index (χ1v) is 8.48. The second-order valence-electron chi connectivity index (χ2n) is 6.69. The first-order chi connectivity index (χ1) is 12.4. The van der Waals surface area contributed by atoms with Gasteiger partial charge >= 0.3 is 5.97 Å². The van der Waals surface area contributed by atoms with Gasteiger partial charge in [0.05, 0.1) is 24.0 Å². The minimum Gasteiger partial charge on any atom is -0.497 e. The van der Waals surface area contributed by atoms with Crippen molar-refractivity contribution in [1.82, 2.24) is 0 Å². The highest BCUT2D eigenvalue weighted by atomic mass is 16.5. The van der Waals surface area contributed by atoms with Crippen LogP contribution in [0.25, 0.3) is 0 Å². The van der Waals surface area contributed by atoms with Crippen LogP contribution in [0, 0.1) is 5.92 Å². The Kier molecular flexibility index (Phi) is 4.84. The van der Waals surface area contributed by atoms with Gasteiger partial charge in [-0.2, -0.15) is 0 Å². The van der Waals surface area contributed by atoms with Crippen molar-refractivity contribution in [3.05, 3.63) is 53.6 Å². The van der Waals surface area contributed by atoms with Crippen LogP contribution in [-0.4, -0.2) is 30.1 Å². The molecule has 0 saturated heterocycles. The van der Waals surface area contributed by atoms with Crippen LogP contribution in [0.4, 0.5) is 11.4 Å². The Morgan fingerprint density at radius 2 is 1.92 bits per heavy atom. The van der Waals surface area contributed by atoms with Gasteiger partial charge in [0.2, 0.25) is 5.91 Å². The van der Waals surface area contributed by atoms with E-state index >= 15 is 0 Å². The lowest BCUT2D eigenvalue weighted by Gasteiger charge is -2.40. The Bertz CT molecular complexity index is 830. The lowest BCUT2D eigenvalue weighted by Crippen LogP contribution is -2.50. The number of hydrogen-bond acceptors (Lipinski definition) is 4. The normalized spacial score (nSPS) is 16.2. The van der Waals surface area contributed by atoms with Crippen LogP contribution in [0.2, 0.25) is 0 Å². The molecule has 1 aliphatic heterocycles. The smallest absolute Gasteiger partial charge is 0.335 e. The van der Waals surface area contributed by atoms with Crippen LogP contribution in [-0.2, 0) is 11.3 Å². The Morgan fingerprint density at radius 3 is 2.50 bits per heavy atom. The van der Waals surface area contributed by atoms with E-state index < -0.39 is 5.97 Å². The summed E-state index contributed by atoms with van der Waals surface area (Å²) < 4.78 is 5.19. The molecule has 1 aliphatic rings. The number of carbonyl (C=O) groups is 2. The van der Waals surface area contributed by atoms with Gasteiger partial charge < -0.3 is 20.1 Å². The summed E-state index contributed by atoms with van der Waals surface area (Å²) in [4.78, 5) is 25.9. The predicted molar refractivity (Wildman–Crippen MR) is 99.8 cm³/mol. The van der Waals surface area contributed by atoms with E-state index in [-0.39, 0.29) is 23.4 Å². The zero-order valence-electron chi connectivity index (χ0n) is 15.0. The van der Waals surface area contributed by atoms with Crippen molar-refractivity contribution >= 4 is 23.3 Å². The quantitative estimate of drug-likeness (QED) is 0.861. The predicted octanol–water partition coefficient (Wildman–Crippen LogP) is 3.38. The van der Waals surface area contributed by atoms with Crippen molar-refractivity contribution in [2.45, 2.75) is 26.4 Å². The summed E-state index contributed by atoms with van der Waals surface area (Å²) in [5, 5.41) is 12.1. The van der Waals surface area contributed by atoms with Crippen molar-refractivity contribution in [3.63, 3.8) is 0 Å². The number of carbonyl (C=O) groups excluding carboxylic acids is 1. The molecule has 1 heterocycles. The number of hydrogen-bond donors (Lipinski definition) is 2. The number of aromatic carboxylic acids is 1. The maximum atomic E-state index is 12.7. The van der Waals surface area contributed by atoms with Crippen molar-refractivity contribution in [2.24, 2.45) is 5.92 Å². The number of nitrogens with zero attached hydrogens (tertiary/aromatic N) is 1. The van der Waals surface area contributed by atoms with Crippen LogP contribution < -0.4 is 15.0 Å². The topological polar surface area (TPSA) is 78.9 Å². The highest BCUT2D eigenvalue weighted by molar-refractivity contribution is 6.05. The van der Waals surface area contributed by atoms with E-state index in [9.17, 15) is 14.7 Å². The number of amides is 1. The van der Waals surface area contributed by atoms with Crippen molar-refractivity contribution in [1.29, 1.82) is 0 Å². The molecule has 2 aromatic carbocycles. The summed E-state index contributed by atoms with van der Waals surface area (Å²) in [6.07, 6.45) is 0. The highest BCUT2D eigenvalue weighted by Crippen LogP contribution is 2.36. The number of anilines is 2. The van der Waals surface area contributed by atoms with Crippen LogP contribution >= 0.6 is 0 Å². The molecule has 6 nitrogen and oxygen atoms in total. The SMILES string of the molecule is COc1ccc(CN2c3ccc(C(=O)O)cc3NC(=O)C2C(C)C)cc1. The van der Waals surface area contributed by atoms with Crippen molar-refractivity contribution < 1.29 is 19.4 Å². The fraction of sp³-hybridized carbons (Fsp3) is 0.300. The number of ether oxygens (including phenoxy) is 1. The van der Waals surface area contributed by atoms with Crippen molar-refractivity contribution in [2.75, 3.05) is 17.3 Å². The average Bonchev–Trinajstić information content (AvgIpc) is 2.61. The molecule has 6 heteroatoms. The summed E-state index contributed by atoms with van der Waals surface area (Å²) in [6.45, 7) is 4.55. The molecule has 0 aromatic heterocycles. The highest BCUT2D eigenvalue weighted by Gasteiger charge is 2.35. The Labute approximate surface area is 152 Å². The van der Waals surface area contributed by atoms with Gasteiger partial charge in [-0.25, -0.2) is 4.79 Å². The molecule has 0 fully saturated rings. The third kappa shape index (κ3) is 3.35. The maximum Gasteiger partial charge on any atom is 0.335 e. The number of methoxy groups -OCH3 is 1. The molecule has 1 atom stereocenters. The van der Waals surface area contributed by atoms with E-state index in [1.54, 1.807) is 19.2 Å². The molecule has 1 amide bonds. The number of nitrogens with one attached hydrogen (secondary N) is 1. The molecule has 0 spiro atoms. The molecular formula is C20H22N2O4. The van der Waals surface area contributed by atoms with E-state index in [0.29, 0.717) is 12.2 Å². The van der Waals surface area contributed by atoms with E-state index in [0.717, 1.165) is 17.0 Å². The van der Waals surface area contributed by atoms with Gasteiger partial charge in [0.1, 0.15) is 11.8 Å². The second-order valence-corrected chi connectivity index (χ2v) is 6.69. The molecular weight excluding hydrogens is 332 g/mol. The number of fused-ring (bicyclic) bond motifs is 1. The zero-order chi connectivity index (χ0) is 18.8. The Hall–Kier alpha value is -3.02. The molecule has 136 valence electrons. The summed E-state index contributed by atoms with van der Waals surface area (Å²) in [5.74, 6) is -0.268. The first kappa shape index (κ1) is 17.8. The van der Waals surface area contributed by atoms with Crippen LogP contribution in [0.3, 0.4) is 0 Å². The monoisotopic (exact) mass is 354 g/mol. The van der Waals surface area contributed by atoms with E-state index in [2.05, 4.69) is 5.32 Å². The number of benzene rings is 2. The first-order valence-electron chi connectivity index (χ1n) is 8.48.